The van der Waals surface area contributed by atoms with Crippen molar-refractivity contribution < 1.29 is 9.53 Å². The van der Waals surface area contributed by atoms with Crippen LogP contribution in [0.25, 0.3) is 0 Å². The third-order valence-electron chi connectivity index (χ3n) is 6.07. The van der Waals surface area contributed by atoms with Crippen LogP contribution in [0.3, 0.4) is 0 Å². The zero-order valence-corrected chi connectivity index (χ0v) is 17.3. The molecule has 0 bridgehead atoms. The molecule has 5 nitrogen and oxygen atoms in total. The highest BCUT2D eigenvalue weighted by molar-refractivity contribution is 5.77. The maximum absolute atomic E-state index is 12.8. The molecule has 0 radical (unpaired) electrons. The van der Waals surface area contributed by atoms with Crippen LogP contribution < -0.4 is 9.64 Å². The van der Waals surface area contributed by atoms with Gasteiger partial charge < -0.3 is 14.5 Å². The number of methoxy groups -OCH3 is 1. The molecule has 0 aliphatic carbocycles. The summed E-state index contributed by atoms with van der Waals surface area (Å²) in [4.78, 5) is 19.6. The molecule has 0 aromatic heterocycles. The van der Waals surface area contributed by atoms with Gasteiger partial charge in [-0.25, -0.2) is 0 Å². The molecule has 2 aromatic rings. The van der Waals surface area contributed by atoms with Gasteiger partial charge in [0.1, 0.15) is 5.75 Å². The summed E-state index contributed by atoms with van der Waals surface area (Å²) in [5.41, 5.74) is 3.93. The standard InChI is InChI=1S/C24H31N3O2/c1-29-22-9-10-23-21(18-22)8-5-12-26(23)13-11-24(28)27-16-14-25(15-17-27)19-20-6-3-2-4-7-20/h2-4,6-7,9-10,18H,5,8,11-17,19H2,1H3. The van der Waals surface area contributed by atoms with Crippen molar-refractivity contribution in [2.45, 2.75) is 25.8 Å². The molecule has 2 aliphatic heterocycles. The van der Waals surface area contributed by atoms with Crippen LogP contribution in [0.15, 0.2) is 48.5 Å². The molecule has 29 heavy (non-hydrogen) atoms. The lowest BCUT2D eigenvalue weighted by molar-refractivity contribution is -0.132. The van der Waals surface area contributed by atoms with Crippen LogP contribution >= 0.6 is 0 Å². The highest BCUT2D eigenvalue weighted by Gasteiger charge is 2.23. The number of piperazine rings is 1. The topological polar surface area (TPSA) is 36.0 Å². The van der Waals surface area contributed by atoms with Crippen molar-refractivity contribution in [2.24, 2.45) is 0 Å². The number of amides is 1. The van der Waals surface area contributed by atoms with E-state index in [-0.39, 0.29) is 5.91 Å². The Morgan fingerprint density at radius 1 is 1.00 bits per heavy atom. The number of aryl methyl sites for hydroxylation is 1. The fourth-order valence-corrected chi connectivity index (χ4v) is 4.40. The molecule has 154 valence electrons. The number of carbonyl (C=O) groups is 1. The highest BCUT2D eigenvalue weighted by Crippen LogP contribution is 2.30. The molecule has 1 fully saturated rings. The van der Waals surface area contributed by atoms with E-state index in [1.54, 1.807) is 7.11 Å². The van der Waals surface area contributed by atoms with Gasteiger partial charge in [0, 0.05) is 57.9 Å². The van der Waals surface area contributed by atoms with E-state index >= 15 is 0 Å². The molecule has 0 unspecified atom stereocenters. The van der Waals surface area contributed by atoms with Crippen molar-refractivity contribution in [1.29, 1.82) is 0 Å². The molecular weight excluding hydrogens is 362 g/mol. The lowest BCUT2D eigenvalue weighted by Gasteiger charge is -2.36. The lowest BCUT2D eigenvalue weighted by Crippen LogP contribution is -2.48. The first-order chi connectivity index (χ1) is 14.2. The summed E-state index contributed by atoms with van der Waals surface area (Å²) >= 11 is 0. The summed E-state index contributed by atoms with van der Waals surface area (Å²) in [6, 6.07) is 16.9. The first kappa shape index (κ1) is 19.8. The zero-order chi connectivity index (χ0) is 20.1. The van der Waals surface area contributed by atoms with Crippen molar-refractivity contribution in [3.63, 3.8) is 0 Å². The van der Waals surface area contributed by atoms with Crippen LogP contribution in [-0.4, -0.2) is 62.1 Å². The number of carbonyl (C=O) groups excluding carboxylic acids is 1. The Bertz CT molecular complexity index is 816. The van der Waals surface area contributed by atoms with Gasteiger partial charge in [0.05, 0.1) is 7.11 Å². The van der Waals surface area contributed by atoms with Crippen molar-refractivity contribution in [1.82, 2.24) is 9.80 Å². The highest BCUT2D eigenvalue weighted by atomic mass is 16.5. The third-order valence-corrected chi connectivity index (χ3v) is 6.07. The minimum absolute atomic E-state index is 0.282. The lowest BCUT2D eigenvalue weighted by atomic mass is 10.0. The largest absolute Gasteiger partial charge is 0.497 e. The maximum atomic E-state index is 12.8. The monoisotopic (exact) mass is 393 g/mol. The van der Waals surface area contributed by atoms with Gasteiger partial charge in [0.2, 0.25) is 5.91 Å². The second kappa shape index (κ2) is 9.31. The molecule has 0 saturated carbocycles. The third kappa shape index (κ3) is 4.91. The van der Waals surface area contributed by atoms with E-state index in [2.05, 4.69) is 52.3 Å². The molecule has 5 heteroatoms. The smallest absolute Gasteiger partial charge is 0.224 e. The molecular formula is C24H31N3O2. The predicted octanol–water partition coefficient (Wildman–Crippen LogP) is 3.18. The number of nitrogens with zero attached hydrogens (tertiary/aromatic N) is 3. The second-order valence-electron chi connectivity index (χ2n) is 7.98. The van der Waals surface area contributed by atoms with Gasteiger partial charge in [0.25, 0.3) is 0 Å². The molecule has 2 heterocycles. The number of ether oxygens (including phenoxy) is 1. The van der Waals surface area contributed by atoms with Crippen LogP contribution in [0.2, 0.25) is 0 Å². The van der Waals surface area contributed by atoms with E-state index in [0.717, 1.165) is 64.4 Å². The van der Waals surface area contributed by atoms with E-state index in [1.165, 1.54) is 16.8 Å². The summed E-state index contributed by atoms with van der Waals surface area (Å²) in [6.45, 7) is 6.36. The van der Waals surface area contributed by atoms with Crippen molar-refractivity contribution in [2.75, 3.05) is 51.3 Å². The zero-order valence-electron chi connectivity index (χ0n) is 17.3. The van der Waals surface area contributed by atoms with Crippen LogP contribution in [0, 0.1) is 0 Å². The van der Waals surface area contributed by atoms with Crippen LogP contribution in [0.5, 0.6) is 5.75 Å². The predicted molar refractivity (Wildman–Crippen MR) is 116 cm³/mol. The Morgan fingerprint density at radius 2 is 1.79 bits per heavy atom. The fraction of sp³-hybridized carbons (Fsp3) is 0.458. The van der Waals surface area contributed by atoms with Crippen molar-refractivity contribution >= 4 is 11.6 Å². The summed E-state index contributed by atoms with van der Waals surface area (Å²) in [6.07, 6.45) is 2.80. The Hall–Kier alpha value is -2.53. The fourth-order valence-electron chi connectivity index (χ4n) is 4.40. The van der Waals surface area contributed by atoms with Crippen LogP contribution in [0.1, 0.15) is 24.0 Å². The van der Waals surface area contributed by atoms with Gasteiger partial charge in [-0.3, -0.25) is 9.69 Å². The van der Waals surface area contributed by atoms with Crippen molar-refractivity contribution in [3.05, 3.63) is 59.7 Å². The number of fused-ring (bicyclic) bond motifs is 1. The average molecular weight is 394 g/mol. The minimum Gasteiger partial charge on any atom is -0.497 e. The number of benzene rings is 2. The van der Waals surface area contributed by atoms with Crippen LogP contribution in [-0.2, 0) is 17.8 Å². The second-order valence-corrected chi connectivity index (χ2v) is 7.98. The quantitative estimate of drug-likeness (QED) is 0.755. The van der Waals surface area contributed by atoms with Crippen LogP contribution in [0.4, 0.5) is 5.69 Å². The first-order valence-electron chi connectivity index (χ1n) is 10.7. The van der Waals surface area contributed by atoms with E-state index in [1.807, 2.05) is 11.0 Å². The number of hydrogen-bond donors (Lipinski definition) is 0. The summed E-state index contributed by atoms with van der Waals surface area (Å²) < 4.78 is 5.36. The Morgan fingerprint density at radius 3 is 2.55 bits per heavy atom. The summed E-state index contributed by atoms with van der Waals surface area (Å²) in [5, 5.41) is 0. The molecule has 0 spiro atoms. The van der Waals surface area contributed by atoms with E-state index in [4.69, 9.17) is 4.74 Å². The van der Waals surface area contributed by atoms with Gasteiger partial charge in [-0.05, 0) is 42.2 Å². The van der Waals surface area contributed by atoms with Gasteiger partial charge in [-0.1, -0.05) is 30.3 Å². The van der Waals surface area contributed by atoms with E-state index < -0.39 is 0 Å². The van der Waals surface area contributed by atoms with Gasteiger partial charge in [-0.2, -0.15) is 0 Å². The molecule has 4 rings (SSSR count). The molecule has 2 aliphatic rings. The minimum atomic E-state index is 0.282. The SMILES string of the molecule is COc1ccc2c(c1)CCCN2CCC(=O)N1CCN(Cc2ccccc2)CC1. The Kier molecular flexibility index (Phi) is 6.35. The van der Waals surface area contributed by atoms with Gasteiger partial charge >= 0.3 is 0 Å². The molecule has 2 aromatic carbocycles. The first-order valence-corrected chi connectivity index (χ1v) is 10.7. The van der Waals surface area contributed by atoms with Gasteiger partial charge in [0.15, 0.2) is 0 Å². The maximum Gasteiger partial charge on any atom is 0.224 e. The average Bonchev–Trinajstić information content (AvgIpc) is 2.78. The van der Waals surface area contributed by atoms with Gasteiger partial charge in [-0.15, -0.1) is 0 Å². The molecule has 1 amide bonds. The number of anilines is 1. The number of hydrogen-bond acceptors (Lipinski definition) is 4. The molecule has 0 N–H and O–H groups in total. The Labute approximate surface area is 173 Å². The summed E-state index contributed by atoms with van der Waals surface area (Å²) in [7, 11) is 1.71. The summed E-state index contributed by atoms with van der Waals surface area (Å²) in [5.74, 6) is 1.19. The normalized spacial score (nSPS) is 17.1. The van der Waals surface area contributed by atoms with E-state index in [0.29, 0.717) is 6.42 Å². The molecule has 0 atom stereocenters. The van der Waals surface area contributed by atoms with E-state index in [9.17, 15) is 4.79 Å². The Balaban J connectivity index is 1.26. The van der Waals surface area contributed by atoms with Crippen molar-refractivity contribution in [3.8, 4) is 5.75 Å². The molecule has 1 saturated heterocycles. The number of rotatable bonds is 6.